The van der Waals surface area contributed by atoms with Crippen molar-refractivity contribution in [1.29, 1.82) is 0 Å². The zero-order valence-corrected chi connectivity index (χ0v) is 15.5. The fourth-order valence-corrected chi connectivity index (χ4v) is 4.74. The molecule has 1 saturated heterocycles. The number of rotatable bonds is 5. The molecule has 0 saturated carbocycles. The number of anilines is 1. The van der Waals surface area contributed by atoms with Crippen LogP contribution in [0.15, 0.2) is 24.3 Å². The zero-order chi connectivity index (χ0) is 17.3. The van der Waals surface area contributed by atoms with Crippen LogP contribution in [0.25, 0.3) is 0 Å². The van der Waals surface area contributed by atoms with E-state index in [1.165, 1.54) is 0 Å². The fourth-order valence-electron chi connectivity index (χ4n) is 4.10. The Morgan fingerprint density at radius 1 is 1.42 bits per heavy atom. The van der Waals surface area contributed by atoms with Crippen LogP contribution in [-0.2, 0) is 15.0 Å². The number of fused-ring (bicyclic) bond motifs is 2. The molecule has 0 radical (unpaired) electrons. The van der Waals surface area contributed by atoms with Crippen LogP contribution in [-0.4, -0.2) is 40.3 Å². The molecule has 0 aromatic heterocycles. The summed E-state index contributed by atoms with van der Waals surface area (Å²) in [4.78, 5) is 27.7. The smallest absolute Gasteiger partial charge is 0.237 e. The maximum absolute atomic E-state index is 12.9. The second-order valence-corrected chi connectivity index (χ2v) is 8.54. The number of carbonyl (C=O) groups is 2. The SMILES string of the molecule is CCC[C@@H]1N(C(=O)CSC(C)C)CC[C@]12C(=O)Nc1ccccc12. The van der Waals surface area contributed by atoms with E-state index in [1.54, 1.807) is 11.8 Å². The molecule has 0 unspecified atom stereocenters. The van der Waals surface area contributed by atoms with Gasteiger partial charge in [-0.25, -0.2) is 0 Å². The van der Waals surface area contributed by atoms with Gasteiger partial charge in [0.05, 0.1) is 17.2 Å². The van der Waals surface area contributed by atoms with Gasteiger partial charge in [-0.3, -0.25) is 9.59 Å². The molecule has 1 N–H and O–H groups in total. The maximum atomic E-state index is 12.9. The molecular formula is C19H26N2O2S. The minimum Gasteiger partial charge on any atom is -0.338 e. The van der Waals surface area contributed by atoms with E-state index < -0.39 is 5.41 Å². The number of amides is 2. The van der Waals surface area contributed by atoms with Crippen LogP contribution in [0.4, 0.5) is 5.69 Å². The molecule has 1 aromatic rings. The Hall–Kier alpha value is -1.49. The molecule has 2 atom stereocenters. The maximum Gasteiger partial charge on any atom is 0.237 e. The van der Waals surface area contributed by atoms with Crippen molar-refractivity contribution in [2.45, 2.75) is 56.7 Å². The van der Waals surface area contributed by atoms with Gasteiger partial charge in [0.1, 0.15) is 0 Å². The van der Waals surface area contributed by atoms with Crippen LogP contribution in [0.3, 0.4) is 0 Å². The lowest BCUT2D eigenvalue weighted by Crippen LogP contribution is -2.49. The van der Waals surface area contributed by atoms with E-state index in [0.717, 1.165) is 30.5 Å². The monoisotopic (exact) mass is 346 g/mol. The highest BCUT2D eigenvalue weighted by Gasteiger charge is 2.58. The zero-order valence-electron chi connectivity index (χ0n) is 14.7. The molecule has 1 spiro atoms. The summed E-state index contributed by atoms with van der Waals surface area (Å²) in [6.45, 7) is 7.00. The Morgan fingerprint density at radius 3 is 2.88 bits per heavy atom. The number of benzene rings is 1. The number of hydrogen-bond acceptors (Lipinski definition) is 3. The lowest BCUT2D eigenvalue weighted by Gasteiger charge is -2.34. The minimum atomic E-state index is -0.565. The highest BCUT2D eigenvalue weighted by atomic mass is 32.2. The number of para-hydroxylation sites is 1. The van der Waals surface area contributed by atoms with Crippen LogP contribution in [0.5, 0.6) is 0 Å². The third-order valence-corrected chi connectivity index (χ3v) is 6.26. The Bertz CT molecular complexity index is 646. The number of nitrogens with zero attached hydrogens (tertiary/aromatic N) is 1. The van der Waals surface area contributed by atoms with Gasteiger partial charge in [0.2, 0.25) is 11.8 Å². The Morgan fingerprint density at radius 2 is 2.17 bits per heavy atom. The summed E-state index contributed by atoms with van der Waals surface area (Å²) in [6.07, 6.45) is 2.54. The normalized spacial score (nSPS) is 25.4. The quantitative estimate of drug-likeness (QED) is 0.889. The van der Waals surface area contributed by atoms with E-state index in [4.69, 9.17) is 0 Å². The third kappa shape index (κ3) is 2.73. The number of thioether (sulfide) groups is 1. The summed E-state index contributed by atoms with van der Waals surface area (Å²) in [5.41, 5.74) is 1.42. The Labute approximate surface area is 148 Å². The molecule has 24 heavy (non-hydrogen) atoms. The molecule has 130 valence electrons. The van der Waals surface area contributed by atoms with E-state index in [2.05, 4.69) is 26.1 Å². The lowest BCUT2D eigenvalue weighted by atomic mass is 9.73. The summed E-state index contributed by atoms with van der Waals surface area (Å²) < 4.78 is 0. The summed E-state index contributed by atoms with van der Waals surface area (Å²) in [5, 5.41) is 3.48. The van der Waals surface area contributed by atoms with Crippen molar-refractivity contribution in [2.75, 3.05) is 17.6 Å². The summed E-state index contributed by atoms with van der Waals surface area (Å²) in [6, 6.07) is 7.91. The van der Waals surface area contributed by atoms with Gasteiger partial charge in [-0.15, -0.1) is 11.8 Å². The number of carbonyl (C=O) groups excluding carboxylic acids is 2. The van der Waals surface area contributed by atoms with Gasteiger partial charge in [-0.1, -0.05) is 45.4 Å². The topological polar surface area (TPSA) is 49.4 Å². The second-order valence-electron chi connectivity index (χ2n) is 6.97. The van der Waals surface area contributed by atoms with Gasteiger partial charge < -0.3 is 10.2 Å². The van der Waals surface area contributed by atoms with Crippen molar-refractivity contribution in [3.05, 3.63) is 29.8 Å². The molecule has 0 bridgehead atoms. The first-order chi connectivity index (χ1) is 11.5. The van der Waals surface area contributed by atoms with Gasteiger partial charge in [0, 0.05) is 12.2 Å². The number of nitrogens with one attached hydrogen (secondary N) is 1. The lowest BCUT2D eigenvalue weighted by molar-refractivity contribution is -0.130. The summed E-state index contributed by atoms with van der Waals surface area (Å²) in [7, 11) is 0. The molecule has 0 aliphatic carbocycles. The number of hydrogen-bond donors (Lipinski definition) is 1. The predicted octanol–water partition coefficient (Wildman–Crippen LogP) is 3.42. The van der Waals surface area contributed by atoms with Crippen LogP contribution < -0.4 is 5.32 Å². The van der Waals surface area contributed by atoms with Crippen LogP contribution in [0.2, 0.25) is 0 Å². The number of likely N-dealkylation sites (tertiary alicyclic amines) is 1. The van der Waals surface area contributed by atoms with Gasteiger partial charge in [-0.2, -0.15) is 0 Å². The van der Waals surface area contributed by atoms with Crippen LogP contribution in [0, 0.1) is 0 Å². The highest BCUT2D eigenvalue weighted by molar-refractivity contribution is 8.00. The average Bonchev–Trinajstić information content (AvgIpc) is 3.06. The van der Waals surface area contributed by atoms with Gasteiger partial charge in [-0.05, 0) is 29.7 Å². The van der Waals surface area contributed by atoms with Crippen molar-refractivity contribution in [2.24, 2.45) is 0 Å². The van der Waals surface area contributed by atoms with E-state index in [0.29, 0.717) is 17.5 Å². The highest BCUT2D eigenvalue weighted by Crippen LogP contribution is 2.49. The van der Waals surface area contributed by atoms with E-state index in [1.807, 2.05) is 29.2 Å². The molecule has 1 fully saturated rings. The van der Waals surface area contributed by atoms with E-state index >= 15 is 0 Å². The predicted molar refractivity (Wildman–Crippen MR) is 99.4 cm³/mol. The Kier molecular flexibility index (Phi) is 4.90. The summed E-state index contributed by atoms with van der Waals surface area (Å²) >= 11 is 1.67. The third-order valence-electron chi connectivity index (χ3n) is 5.18. The molecule has 2 aliphatic rings. The molecule has 4 nitrogen and oxygen atoms in total. The molecule has 2 heterocycles. The van der Waals surface area contributed by atoms with Gasteiger partial charge in [0.25, 0.3) is 0 Å². The van der Waals surface area contributed by atoms with E-state index in [-0.39, 0.29) is 17.9 Å². The van der Waals surface area contributed by atoms with Crippen LogP contribution >= 0.6 is 11.8 Å². The molecular weight excluding hydrogens is 320 g/mol. The van der Waals surface area contributed by atoms with Gasteiger partial charge in [0.15, 0.2) is 0 Å². The van der Waals surface area contributed by atoms with Crippen LogP contribution in [0.1, 0.15) is 45.6 Å². The molecule has 2 aliphatic heterocycles. The molecule has 3 rings (SSSR count). The Balaban J connectivity index is 1.92. The second kappa shape index (κ2) is 6.79. The molecule has 1 aromatic carbocycles. The average molecular weight is 346 g/mol. The molecule has 5 heteroatoms. The largest absolute Gasteiger partial charge is 0.338 e. The standard InChI is InChI=1S/C19H26N2O2S/c1-4-7-16-19(10-11-21(16)17(22)12-24-13(2)3)14-8-5-6-9-15(14)20-18(19)23/h5-6,8-9,13,16H,4,7,10-12H2,1-3H3,(H,20,23)/t16-,19+/m0/s1. The van der Waals surface area contributed by atoms with Crippen molar-refractivity contribution in [3.63, 3.8) is 0 Å². The van der Waals surface area contributed by atoms with Crippen molar-refractivity contribution in [3.8, 4) is 0 Å². The summed E-state index contributed by atoms with van der Waals surface area (Å²) in [5.74, 6) is 0.729. The van der Waals surface area contributed by atoms with Crippen molar-refractivity contribution in [1.82, 2.24) is 4.90 Å². The minimum absolute atomic E-state index is 0.0357. The van der Waals surface area contributed by atoms with Crippen molar-refractivity contribution >= 4 is 29.3 Å². The fraction of sp³-hybridized carbons (Fsp3) is 0.579. The van der Waals surface area contributed by atoms with Gasteiger partial charge >= 0.3 is 0 Å². The van der Waals surface area contributed by atoms with Crippen molar-refractivity contribution < 1.29 is 9.59 Å². The first-order valence-electron chi connectivity index (χ1n) is 8.82. The molecule has 2 amide bonds. The van der Waals surface area contributed by atoms with E-state index in [9.17, 15) is 9.59 Å². The first kappa shape index (κ1) is 17.3. The first-order valence-corrected chi connectivity index (χ1v) is 9.87.